The standard InChI is InChI=1S/C23H18N4/c1-2-4-15-8-17(7-14(15)3-1)16-5-6-20-18(9-16)10-21(27-20)19-11-22-23(24-12-19)26-13-25-22/h1-7,9,11-13,21,27H,8,10H2,(H,24,25,26). The summed E-state index contributed by atoms with van der Waals surface area (Å²) in [5.41, 5.74) is 11.0. The van der Waals surface area contributed by atoms with Gasteiger partial charge in [-0.15, -0.1) is 0 Å². The summed E-state index contributed by atoms with van der Waals surface area (Å²) in [5.74, 6) is 0. The Bertz CT molecular complexity index is 1220. The van der Waals surface area contributed by atoms with Gasteiger partial charge >= 0.3 is 0 Å². The van der Waals surface area contributed by atoms with E-state index in [1.165, 1.54) is 39.1 Å². The number of pyridine rings is 1. The van der Waals surface area contributed by atoms with Crippen LogP contribution < -0.4 is 5.32 Å². The fraction of sp³-hybridized carbons (Fsp3) is 0.130. The highest BCUT2D eigenvalue weighted by Gasteiger charge is 2.24. The van der Waals surface area contributed by atoms with Crippen molar-refractivity contribution in [3.8, 4) is 0 Å². The first kappa shape index (κ1) is 14.7. The van der Waals surface area contributed by atoms with Crippen molar-refractivity contribution in [1.82, 2.24) is 15.0 Å². The zero-order valence-electron chi connectivity index (χ0n) is 14.7. The molecule has 0 fully saturated rings. The molecular weight excluding hydrogens is 332 g/mol. The van der Waals surface area contributed by atoms with Crippen molar-refractivity contribution >= 4 is 28.5 Å². The number of aromatic amines is 1. The highest BCUT2D eigenvalue weighted by molar-refractivity contribution is 5.89. The van der Waals surface area contributed by atoms with Crippen molar-refractivity contribution in [2.45, 2.75) is 18.9 Å². The van der Waals surface area contributed by atoms with Crippen molar-refractivity contribution in [2.24, 2.45) is 0 Å². The van der Waals surface area contributed by atoms with E-state index in [4.69, 9.17) is 0 Å². The average molecular weight is 350 g/mol. The van der Waals surface area contributed by atoms with Gasteiger partial charge in [0.05, 0.1) is 17.9 Å². The van der Waals surface area contributed by atoms with E-state index in [0.717, 1.165) is 24.0 Å². The summed E-state index contributed by atoms with van der Waals surface area (Å²) in [6.07, 6.45) is 7.95. The second-order valence-corrected chi connectivity index (χ2v) is 7.36. The Morgan fingerprint density at radius 2 is 1.93 bits per heavy atom. The summed E-state index contributed by atoms with van der Waals surface area (Å²) in [6, 6.07) is 17.9. The first-order chi connectivity index (χ1) is 13.3. The topological polar surface area (TPSA) is 53.6 Å². The minimum atomic E-state index is 0.255. The summed E-state index contributed by atoms with van der Waals surface area (Å²) in [7, 11) is 0. The summed E-state index contributed by atoms with van der Waals surface area (Å²) < 4.78 is 0. The highest BCUT2D eigenvalue weighted by atomic mass is 15.0. The normalized spacial score (nSPS) is 17.5. The molecule has 0 saturated heterocycles. The molecule has 4 nitrogen and oxygen atoms in total. The van der Waals surface area contributed by atoms with E-state index in [9.17, 15) is 0 Å². The molecule has 0 amide bonds. The van der Waals surface area contributed by atoms with Crippen LogP contribution in [0.4, 0.5) is 5.69 Å². The number of nitrogens with one attached hydrogen (secondary N) is 2. The van der Waals surface area contributed by atoms with Crippen LogP contribution in [0, 0.1) is 0 Å². The van der Waals surface area contributed by atoms with Crippen LogP contribution >= 0.6 is 0 Å². The largest absolute Gasteiger partial charge is 0.378 e. The molecular formula is C23H18N4. The molecule has 4 aromatic rings. The Balaban J connectivity index is 1.30. The third-order valence-corrected chi connectivity index (χ3v) is 5.69. The summed E-state index contributed by atoms with van der Waals surface area (Å²) in [6.45, 7) is 0. The Morgan fingerprint density at radius 1 is 0.963 bits per heavy atom. The molecule has 2 aromatic carbocycles. The van der Waals surface area contributed by atoms with Crippen LogP contribution in [0.3, 0.4) is 0 Å². The van der Waals surface area contributed by atoms with E-state index in [-0.39, 0.29) is 6.04 Å². The molecule has 0 saturated carbocycles. The number of allylic oxidation sites excluding steroid dienone is 1. The summed E-state index contributed by atoms with van der Waals surface area (Å²) in [4.78, 5) is 11.8. The molecule has 6 rings (SSSR count). The van der Waals surface area contributed by atoms with Gasteiger partial charge in [0.1, 0.15) is 0 Å². The number of hydrogen-bond donors (Lipinski definition) is 2. The monoisotopic (exact) mass is 350 g/mol. The van der Waals surface area contributed by atoms with Gasteiger partial charge in [-0.25, -0.2) is 9.97 Å². The van der Waals surface area contributed by atoms with Crippen LogP contribution in [0.2, 0.25) is 0 Å². The van der Waals surface area contributed by atoms with E-state index in [1.807, 2.05) is 6.20 Å². The van der Waals surface area contributed by atoms with Crippen molar-refractivity contribution in [2.75, 3.05) is 5.32 Å². The van der Waals surface area contributed by atoms with Crippen molar-refractivity contribution in [1.29, 1.82) is 0 Å². The Hall–Kier alpha value is -3.40. The van der Waals surface area contributed by atoms with E-state index < -0.39 is 0 Å². The number of imidazole rings is 1. The minimum absolute atomic E-state index is 0.255. The van der Waals surface area contributed by atoms with E-state index >= 15 is 0 Å². The Labute approximate surface area is 157 Å². The first-order valence-corrected chi connectivity index (χ1v) is 9.31. The third-order valence-electron chi connectivity index (χ3n) is 5.69. The minimum Gasteiger partial charge on any atom is -0.378 e. The summed E-state index contributed by atoms with van der Waals surface area (Å²) in [5, 5.41) is 3.65. The lowest BCUT2D eigenvalue weighted by atomic mass is 9.98. The fourth-order valence-electron chi connectivity index (χ4n) is 4.26. The molecule has 130 valence electrons. The van der Waals surface area contributed by atoms with E-state index in [1.54, 1.807) is 6.33 Å². The predicted octanol–water partition coefficient (Wildman–Crippen LogP) is 4.76. The second-order valence-electron chi connectivity index (χ2n) is 7.36. The van der Waals surface area contributed by atoms with Gasteiger partial charge in [0.25, 0.3) is 0 Å². The van der Waals surface area contributed by atoms with Crippen LogP contribution in [0.1, 0.15) is 33.9 Å². The van der Waals surface area contributed by atoms with Gasteiger partial charge in [0.15, 0.2) is 5.65 Å². The molecule has 27 heavy (non-hydrogen) atoms. The van der Waals surface area contributed by atoms with Crippen molar-refractivity contribution in [3.05, 3.63) is 88.9 Å². The maximum absolute atomic E-state index is 4.46. The lowest BCUT2D eigenvalue weighted by Crippen LogP contribution is -2.06. The smallest absolute Gasteiger partial charge is 0.177 e. The van der Waals surface area contributed by atoms with E-state index in [2.05, 4.69) is 74.9 Å². The lowest BCUT2D eigenvalue weighted by molar-refractivity contribution is 0.820. The molecule has 3 heterocycles. The number of H-pyrrole nitrogens is 1. The molecule has 1 unspecified atom stereocenters. The van der Waals surface area contributed by atoms with Gasteiger partial charge < -0.3 is 10.3 Å². The number of nitrogens with zero attached hydrogens (tertiary/aromatic N) is 2. The molecule has 0 bridgehead atoms. The van der Waals surface area contributed by atoms with Crippen molar-refractivity contribution in [3.63, 3.8) is 0 Å². The van der Waals surface area contributed by atoms with E-state index in [0.29, 0.717) is 0 Å². The van der Waals surface area contributed by atoms with Crippen LogP contribution in [0.5, 0.6) is 0 Å². The zero-order chi connectivity index (χ0) is 17.8. The molecule has 2 N–H and O–H groups in total. The Kier molecular flexibility index (Phi) is 3.03. The molecule has 0 radical (unpaired) electrons. The number of rotatable bonds is 2. The SMILES string of the molecule is C1=C(c2ccc3c(c2)CC(c2cnc4nc[nH]c4c2)N3)Cc2ccccc21. The van der Waals surface area contributed by atoms with Gasteiger partial charge in [-0.05, 0) is 64.4 Å². The van der Waals surface area contributed by atoms with Gasteiger partial charge in [-0.2, -0.15) is 0 Å². The molecule has 1 aliphatic carbocycles. The van der Waals surface area contributed by atoms with Gasteiger partial charge in [-0.3, -0.25) is 0 Å². The van der Waals surface area contributed by atoms with Crippen LogP contribution in [-0.2, 0) is 12.8 Å². The summed E-state index contributed by atoms with van der Waals surface area (Å²) >= 11 is 0. The lowest BCUT2D eigenvalue weighted by Gasteiger charge is -2.10. The maximum atomic E-state index is 4.46. The van der Waals surface area contributed by atoms with Gasteiger partial charge in [0.2, 0.25) is 0 Å². The van der Waals surface area contributed by atoms with Gasteiger partial charge in [0, 0.05) is 11.9 Å². The third kappa shape index (κ3) is 2.37. The zero-order valence-corrected chi connectivity index (χ0v) is 14.7. The highest BCUT2D eigenvalue weighted by Crippen LogP contribution is 2.38. The average Bonchev–Trinajstić information content (AvgIpc) is 3.42. The first-order valence-electron chi connectivity index (χ1n) is 9.31. The number of fused-ring (bicyclic) bond motifs is 3. The van der Waals surface area contributed by atoms with Crippen LogP contribution in [0.25, 0.3) is 22.8 Å². The number of aromatic nitrogens is 3. The molecule has 1 atom stereocenters. The second kappa shape index (κ2) is 5.55. The quantitative estimate of drug-likeness (QED) is 0.548. The fourth-order valence-corrected chi connectivity index (χ4v) is 4.26. The van der Waals surface area contributed by atoms with Gasteiger partial charge in [-0.1, -0.05) is 36.4 Å². The van der Waals surface area contributed by atoms with Crippen molar-refractivity contribution < 1.29 is 0 Å². The molecule has 2 aliphatic rings. The number of hydrogen-bond acceptors (Lipinski definition) is 3. The Morgan fingerprint density at radius 3 is 2.89 bits per heavy atom. The number of anilines is 1. The molecule has 4 heteroatoms. The van der Waals surface area contributed by atoms with Crippen LogP contribution in [-0.4, -0.2) is 15.0 Å². The van der Waals surface area contributed by atoms with Crippen LogP contribution in [0.15, 0.2) is 61.1 Å². The predicted molar refractivity (Wildman–Crippen MR) is 108 cm³/mol. The molecule has 0 spiro atoms. The maximum Gasteiger partial charge on any atom is 0.177 e. The molecule has 2 aromatic heterocycles. The molecule has 1 aliphatic heterocycles. The number of benzene rings is 2.